The fourth-order valence-corrected chi connectivity index (χ4v) is 2.70. The van der Waals surface area contributed by atoms with Crippen LogP contribution in [0.4, 0.5) is 0 Å². The van der Waals surface area contributed by atoms with E-state index < -0.39 is 5.54 Å². The van der Waals surface area contributed by atoms with Crippen molar-refractivity contribution in [2.24, 2.45) is 17.1 Å². The summed E-state index contributed by atoms with van der Waals surface area (Å²) in [6.45, 7) is 10.6. The molecule has 1 aliphatic rings. The lowest BCUT2D eigenvalue weighted by molar-refractivity contribution is -0.123. The summed E-state index contributed by atoms with van der Waals surface area (Å²) in [5, 5.41) is 3.41. The van der Waals surface area contributed by atoms with Crippen LogP contribution in [0.1, 0.15) is 53.9 Å². The average molecular weight is 226 g/mol. The highest BCUT2D eigenvalue weighted by Gasteiger charge is 2.36. The third-order valence-corrected chi connectivity index (χ3v) is 3.86. The molecule has 0 aromatic rings. The third-order valence-electron chi connectivity index (χ3n) is 3.86. The number of carbonyl (C=O) groups is 1. The van der Waals surface area contributed by atoms with Crippen molar-refractivity contribution in [3.63, 3.8) is 0 Å². The van der Waals surface area contributed by atoms with Crippen molar-refractivity contribution in [2.45, 2.75) is 65.5 Å². The SMILES string of the molecule is CC1CC(C)(C)CCC1NC(C)(C)C(N)=O. The minimum absolute atomic E-state index is 0.274. The molecular formula is C13H26N2O. The molecule has 0 heterocycles. The van der Waals surface area contributed by atoms with E-state index in [9.17, 15) is 4.79 Å². The summed E-state index contributed by atoms with van der Waals surface area (Å²) >= 11 is 0. The van der Waals surface area contributed by atoms with Crippen molar-refractivity contribution < 1.29 is 4.79 Å². The van der Waals surface area contributed by atoms with E-state index >= 15 is 0 Å². The number of amides is 1. The van der Waals surface area contributed by atoms with Crippen LogP contribution in [0, 0.1) is 11.3 Å². The molecule has 0 radical (unpaired) electrons. The van der Waals surface area contributed by atoms with E-state index in [1.807, 2.05) is 13.8 Å². The van der Waals surface area contributed by atoms with Gasteiger partial charge in [0.1, 0.15) is 0 Å². The zero-order chi connectivity index (χ0) is 12.6. The number of rotatable bonds is 3. The van der Waals surface area contributed by atoms with E-state index in [0.29, 0.717) is 17.4 Å². The molecule has 2 unspecified atom stereocenters. The topological polar surface area (TPSA) is 55.1 Å². The number of hydrogen-bond acceptors (Lipinski definition) is 2. The van der Waals surface area contributed by atoms with Gasteiger partial charge < -0.3 is 11.1 Å². The van der Waals surface area contributed by atoms with Crippen molar-refractivity contribution in [1.29, 1.82) is 0 Å². The lowest BCUT2D eigenvalue weighted by atomic mass is 9.70. The molecular weight excluding hydrogens is 200 g/mol. The molecule has 0 saturated heterocycles. The van der Waals surface area contributed by atoms with Crippen LogP contribution in [0.3, 0.4) is 0 Å². The van der Waals surface area contributed by atoms with E-state index in [1.165, 1.54) is 12.8 Å². The molecule has 0 aromatic heterocycles. The van der Waals surface area contributed by atoms with Crippen LogP contribution in [0.2, 0.25) is 0 Å². The van der Waals surface area contributed by atoms with Gasteiger partial charge >= 0.3 is 0 Å². The largest absolute Gasteiger partial charge is 0.368 e. The van der Waals surface area contributed by atoms with Crippen LogP contribution in [0.15, 0.2) is 0 Å². The first kappa shape index (κ1) is 13.5. The van der Waals surface area contributed by atoms with Gasteiger partial charge in [-0.1, -0.05) is 20.8 Å². The average Bonchev–Trinajstić information content (AvgIpc) is 2.09. The minimum atomic E-state index is -0.597. The third kappa shape index (κ3) is 3.21. The number of carbonyl (C=O) groups excluding carboxylic acids is 1. The Morgan fingerprint density at radius 1 is 1.44 bits per heavy atom. The number of hydrogen-bond donors (Lipinski definition) is 2. The van der Waals surface area contributed by atoms with Crippen LogP contribution in [0.5, 0.6) is 0 Å². The summed E-state index contributed by atoms with van der Waals surface area (Å²) in [4.78, 5) is 11.3. The molecule has 1 fully saturated rings. The van der Waals surface area contributed by atoms with Gasteiger partial charge in [-0.25, -0.2) is 0 Å². The highest BCUT2D eigenvalue weighted by molar-refractivity contribution is 5.83. The van der Waals surface area contributed by atoms with Crippen molar-refractivity contribution in [2.75, 3.05) is 0 Å². The molecule has 1 rings (SSSR count). The molecule has 3 heteroatoms. The second-order valence-electron chi connectivity index (χ2n) is 6.62. The number of nitrogens with one attached hydrogen (secondary N) is 1. The van der Waals surface area contributed by atoms with Crippen LogP contribution in [-0.4, -0.2) is 17.5 Å². The Hall–Kier alpha value is -0.570. The van der Waals surface area contributed by atoms with E-state index in [-0.39, 0.29) is 5.91 Å². The Kier molecular flexibility index (Phi) is 3.68. The Morgan fingerprint density at radius 2 is 2.00 bits per heavy atom. The van der Waals surface area contributed by atoms with Crippen molar-refractivity contribution in [3.05, 3.63) is 0 Å². The first-order valence-electron chi connectivity index (χ1n) is 6.22. The van der Waals surface area contributed by atoms with Gasteiger partial charge in [0.2, 0.25) is 5.91 Å². The molecule has 0 aliphatic heterocycles. The highest BCUT2D eigenvalue weighted by Crippen LogP contribution is 2.38. The van der Waals surface area contributed by atoms with E-state index in [1.54, 1.807) is 0 Å². The fourth-order valence-electron chi connectivity index (χ4n) is 2.70. The number of nitrogens with two attached hydrogens (primary N) is 1. The van der Waals surface area contributed by atoms with Crippen LogP contribution >= 0.6 is 0 Å². The van der Waals surface area contributed by atoms with Gasteiger partial charge in [0.15, 0.2) is 0 Å². The minimum Gasteiger partial charge on any atom is -0.368 e. The first-order chi connectivity index (χ1) is 7.14. The Bertz CT molecular complexity index is 271. The van der Waals surface area contributed by atoms with Gasteiger partial charge in [-0.3, -0.25) is 4.79 Å². The first-order valence-corrected chi connectivity index (χ1v) is 6.22. The fraction of sp³-hybridized carbons (Fsp3) is 0.923. The second-order valence-corrected chi connectivity index (χ2v) is 6.62. The molecule has 94 valence electrons. The van der Waals surface area contributed by atoms with Crippen LogP contribution in [0.25, 0.3) is 0 Å². The van der Waals surface area contributed by atoms with E-state index in [4.69, 9.17) is 5.73 Å². The van der Waals surface area contributed by atoms with Crippen LogP contribution < -0.4 is 11.1 Å². The molecule has 0 bridgehead atoms. The predicted octanol–water partition coefficient (Wildman–Crippen LogP) is 2.05. The summed E-state index contributed by atoms with van der Waals surface area (Å²) in [6, 6.07) is 0.413. The predicted molar refractivity (Wildman–Crippen MR) is 67.0 cm³/mol. The van der Waals surface area contributed by atoms with Gasteiger partial charge in [0, 0.05) is 6.04 Å². The lowest BCUT2D eigenvalue weighted by Gasteiger charge is -2.42. The maximum atomic E-state index is 11.3. The van der Waals surface area contributed by atoms with Crippen molar-refractivity contribution in [3.8, 4) is 0 Å². The Balaban J connectivity index is 2.61. The van der Waals surface area contributed by atoms with Gasteiger partial charge in [-0.2, -0.15) is 0 Å². The maximum absolute atomic E-state index is 11.3. The summed E-state index contributed by atoms with van der Waals surface area (Å²) in [5.74, 6) is 0.326. The molecule has 1 amide bonds. The monoisotopic (exact) mass is 226 g/mol. The van der Waals surface area contributed by atoms with E-state index in [2.05, 4.69) is 26.1 Å². The van der Waals surface area contributed by atoms with Gasteiger partial charge in [0.25, 0.3) is 0 Å². The number of primary amides is 1. The van der Waals surface area contributed by atoms with E-state index in [0.717, 1.165) is 6.42 Å². The van der Waals surface area contributed by atoms with Gasteiger partial charge in [0.05, 0.1) is 5.54 Å². The summed E-state index contributed by atoms with van der Waals surface area (Å²) in [6.07, 6.45) is 3.55. The summed E-state index contributed by atoms with van der Waals surface area (Å²) in [7, 11) is 0. The molecule has 1 aliphatic carbocycles. The standard InChI is InChI=1S/C13H26N2O/c1-9-8-12(2,3)7-6-10(9)15-13(4,5)11(14)16/h9-10,15H,6-8H2,1-5H3,(H2,14,16). The molecule has 0 spiro atoms. The molecule has 2 atom stereocenters. The zero-order valence-electron chi connectivity index (χ0n) is 11.3. The normalized spacial score (nSPS) is 30.1. The quantitative estimate of drug-likeness (QED) is 0.774. The Morgan fingerprint density at radius 3 is 2.44 bits per heavy atom. The molecule has 1 saturated carbocycles. The highest BCUT2D eigenvalue weighted by atomic mass is 16.1. The molecule has 0 aromatic carbocycles. The Labute approximate surface area is 99.2 Å². The molecule has 16 heavy (non-hydrogen) atoms. The van der Waals surface area contributed by atoms with Crippen LogP contribution in [-0.2, 0) is 4.79 Å². The second kappa shape index (κ2) is 4.36. The molecule has 3 N–H and O–H groups in total. The smallest absolute Gasteiger partial charge is 0.237 e. The maximum Gasteiger partial charge on any atom is 0.237 e. The van der Waals surface area contributed by atoms with Crippen molar-refractivity contribution in [1.82, 2.24) is 5.32 Å². The summed E-state index contributed by atoms with van der Waals surface area (Å²) < 4.78 is 0. The lowest BCUT2D eigenvalue weighted by Crippen LogP contribution is -2.57. The molecule has 3 nitrogen and oxygen atoms in total. The van der Waals surface area contributed by atoms with Crippen molar-refractivity contribution >= 4 is 5.91 Å². The van der Waals surface area contributed by atoms with Gasteiger partial charge in [-0.05, 0) is 44.4 Å². The summed E-state index contributed by atoms with van der Waals surface area (Å²) in [5.41, 5.74) is 5.23. The van der Waals surface area contributed by atoms with Gasteiger partial charge in [-0.15, -0.1) is 0 Å². The zero-order valence-corrected chi connectivity index (χ0v) is 11.3.